The average Bonchev–Trinajstić information content (AvgIpc) is 3.05. The summed E-state index contributed by atoms with van der Waals surface area (Å²) >= 11 is 1.05. The van der Waals surface area contributed by atoms with Gasteiger partial charge < -0.3 is 18.4 Å². The van der Waals surface area contributed by atoms with Crippen molar-refractivity contribution in [3.05, 3.63) is 111 Å². The molecule has 0 aromatic heterocycles. The van der Waals surface area contributed by atoms with Crippen LogP contribution >= 0.6 is 12.0 Å². The number of benzene rings is 3. The lowest BCUT2D eigenvalue weighted by Crippen LogP contribution is -2.39. The molecule has 0 radical (unpaired) electrons. The fourth-order valence-electron chi connectivity index (χ4n) is 5.15. The van der Waals surface area contributed by atoms with Gasteiger partial charge in [-0.05, 0) is 104 Å². The zero-order valence-corrected chi connectivity index (χ0v) is 27.5. The maximum Gasteiger partial charge on any atom is 0.573 e. The van der Waals surface area contributed by atoms with Crippen LogP contribution in [0.4, 0.5) is 13.2 Å². The Labute approximate surface area is 272 Å². The van der Waals surface area contributed by atoms with Crippen LogP contribution in [0.2, 0.25) is 0 Å². The maximum absolute atomic E-state index is 12.4. The van der Waals surface area contributed by atoms with E-state index in [9.17, 15) is 23.3 Å². The molecule has 1 atom stereocenters. The number of hydrogen-bond acceptors (Lipinski definition) is 8. The number of alkyl halides is 3. The third-order valence-corrected chi connectivity index (χ3v) is 7.95. The topological polar surface area (TPSA) is 83.3 Å². The Balaban J connectivity index is 0.000000454. The Morgan fingerprint density at radius 1 is 0.957 bits per heavy atom. The molecule has 8 nitrogen and oxygen atoms in total. The van der Waals surface area contributed by atoms with Gasteiger partial charge >= 0.3 is 6.36 Å². The van der Waals surface area contributed by atoms with E-state index in [0.29, 0.717) is 16.4 Å². The third-order valence-electron chi connectivity index (χ3n) is 7.22. The molecular weight excluding hydrogens is 621 g/mol. The molecule has 0 amide bonds. The van der Waals surface area contributed by atoms with Crippen molar-refractivity contribution >= 4 is 12.0 Å². The van der Waals surface area contributed by atoms with Crippen LogP contribution in [0.3, 0.4) is 0 Å². The predicted molar refractivity (Wildman–Crippen MR) is 173 cm³/mol. The zero-order valence-electron chi connectivity index (χ0n) is 26.7. The van der Waals surface area contributed by atoms with E-state index in [1.54, 1.807) is 34.1 Å². The second kappa shape index (κ2) is 17.0. The molecule has 0 saturated heterocycles. The highest BCUT2D eigenvalue weighted by atomic mass is 32.2. The summed E-state index contributed by atoms with van der Waals surface area (Å²) in [7, 11) is 3.28. The number of allylic oxidation sites excluding steroid dienone is 3. The summed E-state index contributed by atoms with van der Waals surface area (Å²) in [5, 5.41) is 10.0. The van der Waals surface area contributed by atoms with Crippen LogP contribution in [0.25, 0.3) is 0 Å². The standard InChI is InChI=1S/C26H24F3NO4S.C6H9NO2.C2H6/c1-31-20-5-8-22-16(11-20)9-10-30-15-18-14-24(32-2)25(13-17(18)12-23(22)30)34-35-21-6-3-19(4-7-21)33-26(27,28)29;1-3-5-6(4-2)7(8)9;1-2/h3-8,11,13-14,23H,9-10,12,15H2,1-2H3;3-5H,1-2H3;1-2H3/b;5-3-,6-4+;. The Hall–Kier alpha value is -4.16. The number of fused-ring (bicyclic) bond motifs is 4. The largest absolute Gasteiger partial charge is 0.573 e. The van der Waals surface area contributed by atoms with Gasteiger partial charge in [-0.25, -0.2) is 0 Å². The first kappa shape index (κ1) is 36.3. The van der Waals surface area contributed by atoms with Crippen molar-refractivity contribution in [1.82, 2.24) is 4.90 Å². The van der Waals surface area contributed by atoms with Gasteiger partial charge in [0.05, 0.1) is 31.2 Å². The van der Waals surface area contributed by atoms with Gasteiger partial charge in [0, 0.05) is 30.1 Å². The van der Waals surface area contributed by atoms with Gasteiger partial charge in [0.2, 0.25) is 0 Å². The van der Waals surface area contributed by atoms with Crippen molar-refractivity contribution in [3.8, 4) is 23.0 Å². The first-order valence-electron chi connectivity index (χ1n) is 14.8. The monoisotopic (exact) mass is 660 g/mol. The van der Waals surface area contributed by atoms with Gasteiger partial charge in [-0.2, -0.15) is 0 Å². The van der Waals surface area contributed by atoms with Crippen LogP contribution in [-0.2, 0) is 19.4 Å². The number of nitro groups is 1. The lowest BCUT2D eigenvalue weighted by Gasteiger charge is -2.41. The Morgan fingerprint density at radius 3 is 2.20 bits per heavy atom. The molecule has 0 N–H and O–H groups in total. The summed E-state index contributed by atoms with van der Waals surface area (Å²) in [5.41, 5.74) is 5.20. The highest BCUT2D eigenvalue weighted by molar-refractivity contribution is 7.95. The van der Waals surface area contributed by atoms with E-state index in [1.807, 2.05) is 32.0 Å². The summed E-state index contributed by atoms with van der Waals surface area (Å²) in [6, 6.07) is 16.2. The number of hydrogen-bond donors (Lipinski definition) is 0. The molecule has 0 aliphatic carbocycles. The summed E-state index contributed by atoms with van der Waals surface area (Å²) < 4.78 is 58.0. The van der Waals surface area contributed by atoms with Gasteiger partial charge in [0.15, 0.2) is 11.5 Å². The van der Waals surface area contributed by atoms with Gasteiger partial charge in [-0.15, -0.1) is 13.2 Å². The molecule has 1 unspecified atom stereocenters. The van der Waals surface area contributed by atoms with Gasteiger partial charge in [0.1, 0.15) is 11.5 Å². The number of halogens is 3. The van der Waals surface area contributed by atoms with Crippen LogP contribution in [0.1, 0.15) is 56.0 Å². The molecule has 0 saturated carbocycles. The van der Waals surface area contributed by atoms with E-state index in [-0.39, 0.29) is 17.5 Å². The first-order chi connectivity index (χ1) is 22.0. The summed E-state index contributed by atoms with van der Waals surface area (Å²) in [6.07, 6.45) is 1.67. The molecule has 12 heteroatoms. The summed E-state index contributed by atoms with van der Waals surface area (Å²) in [6.45, 7) is 9.19. The second-order valence-corrected chi connectivity index (χ2v) is 10.7. The normalized spacial score (nSPS) is 15.6. The molecule has 0 fully saturated rings. The van der Waals surface area contributed by atoms with Crippen LogP contribution < -0.4 is 18.4 Å². The van der Waals surface area contributed by atoms with Gasteiger partial charge in [0.25, 0.3) is 5.70 Å². The highest BCUT2D eigenvalue weighted by Gasteiger charge is 2.33. The first-order valence-corrected chi connectivity index (χ1v) is 15.5. The van der Waals surface area contributed by atoms with E-state index in [0.717, 1.165) is 43.7 Å². The minimum absolute atomic E-state index is 0.137. The summed E-state index contributed by atoms with van der Waals surface area (Å²) in [5.74, 6) is 1.80. The van der Waals surface area contributed by atoms with Crippen LogP contribution in [0.5, 0.6) is 23.0 Å². The third kappa shape index (κ3) is 9.67. The minimum Gasteiger partial charge on any atom is -0.497 e. The molecule has 3 aromatic carbocycles. The van der Waals surface area contributed by atoms with Gasteiger partial charge in [-0.3, -0.25) is 15.0 Å². The number of rotatable bonds is 8. The number of ether oxygens (including phenoxy) is 3. The van der Waals surface area contributed by atoms with E-state index < -0.39 is 11.3 Å². The van der Waals surface area contributed by atoms with Crippen molar-refractivity contribution < 1.29 is 36.5 Å². The maximum atomic E-state index is 12.4. The molecule has 2 aliphatic rings. The molecule has 0 spiro atoms. The molecule has 2 aliphatic heterocycles. The van der Waals surface area contributed by atoms with Gasteiger partial charge in [-0.1, -0.05) is 26.0 Å². The molecule has 5 rings (SSSR count). The number of nitrogens with zero attached hydrogens (tertiary/aromatic N) is 2. The Morgan fingerprint density at radius 2 is 1.63 bits per heavy atom. The zero-order chi connectivity index (χ0) is 33.9. The molecular formula is C34H39F3N2O6S. The predicted octanol–water partition coefficient (Wildman–Crippen LogP) is 9.11. The second-order valence-electron chi connectivity index (χ2n) is 9.93. The fraction of sp³-hybridized carbons (Fsp3) is 0.353. The Bertz CT molecular complexity index is 1530. The molecule has 248 valence electrons. The van der Waals surface area contributed by atoms with E-state index in [4.69, 9.17) is 13.7 Å². The Kier molecular flexibility index (Phi) is 13.4. The van der Waals surface area contributed by atoms with Crippen molar-refractivity contribution in [2.45, 2.75) is 64.4 Å². The van der Waals surface area contributed by atoms with Crippen molar-refractivity contribution in [2.75, 3.05) is 20.8 Å². The highest BCUT2D eigenvalue weighted by Crippen LogP contribution is 2.43. The molecule has 3 aromatic rings. The molecule has 46 heavy (non-hydrogen) atoms. The van der Waals surface area contributed by atoms with Crippen LogP contribution in [0, 0.1) is 10.1 Å². The van der Waals surface area contributed by atoms with E-state index in [2.05, 4.69) is 21.8 Å². The summed E-state index contributed by atoms with van der Waals surface area (Å²) in [4.78, 5) is 12.7. The van der Waals surface area contributed by atoms with E-state index in [1.165, 1.54) is 58.7 Å². The smallest absolute Gasteiger partial charge is 0.497 e. The lowest BCUT2D eigenvalue weighted by atomic mass is 9.84. The van der Waals surface area contributed by atoms with Crippen LogP contribution in [-0.4, -0.2) is 36.9 Å². The quantitative estimate of drug-likeness (QED) is 0.102. The molecule has 2 heterocycles. The lowest BCUT2D eigenvalue weighted by molar-refractivity contribution is -0.419. The number of methoxy groups -OCH3 is 2. The van der Waals surface area contributed by atoms with Crippen LogP contribution in [0.15, 0.2) is 83.4 Å². The minimum atomic E-state index is -4.72. The van der Waals surface area contributed by atoms with E-state index >= 15 is 0 Å². The molecule has 0 bridgehead atoms. The SMILES string of the molecule is C/C=C\C(=C/C)[N+](=O)[O-].CC.COc1ccc2c(c1)CCN1Cc3cc(OC)c(OSc4ccc(OC(F)(F)F)cc4)cc3CC21. The average molecular weight is 661 g/mol. The fourth-order valence-corrected chi connectivity index (χ4v) is 5.72. The van der Waals surface area contributed by atoms with Crippen molar-refractivity contribution in [2.24, 2.45) is 0 Å². The van der Waals surface area contributed by atoms with Crippen molar-refractivity contribution in [3.63, 3.8) is 0 Å². The van der Waals surface area contributed by atoms with Crippen molar-refractivity contribution in [1.29, 1.82) is 0 Å².